The lowest BCUT2D eigenvalue weighted by molar-refractivity contribution is -0.125. The fourth-order valence-corrected chi connectivity index (χ4v) is 15.7. The Morgan fingerprint density at radius 3 is 0.507 bits per heavy atom. The Balaban J connectivity index is 0.000000101. The summed E-state index contributed by atoms with van der Waals surface area (Å²) in [5, 5.41) is 3.11. The molecular formula is C64H115NO2. The summed E-state index contributed by atoms with van der Waals surface area (Å²) in [5.74, 6) is 16.2. The second-order valence-corrected chi connectivity index (χ2v) is 27.6. The standard InChI is InChI=1S/C10H16.2C8H14.C7H12.C6H10.C5H10O2.C5H8.C5H10.C4H8.C3H7N.C3H6/c1-7-2-9-4-8(1)5-10(3-7)6-9;2*1-2-8-5-3-7(1)4-6-8;1-2-7-4-3-6(1)5-7;1-2-6-3-5(1)4-6;1-5(2)6-3-4-7-5;1-4-2-5(1)3-4;1-2-4-5-3-1;2*1-2-4-3-1;1-2-3-1/h7-10H,1-6H2;2*7-8H,1-6H2;6-7H,1-5H2;5-6H,1-4H2;3-4H2,1-2H3;4-5H,1-3H2;1-5H2;1-4H2;4H,1-3H2;1-3H2. The van der Waals surface area contributed by atoms with Gasteiger partial charge in [0, 0.05) is 0 Å². The van der Waals surface area contributed by atoms with Crippen molar-refractivity contribution in [2.75, 3.05) is 26.3 Å². The molecule has 0 atom stereocenters. The predicted molar refractivity (Wildman–Crippen MR) is 286 cm³/mol. The van der Waals surface area contributed by atoms with Gasteiger partial charge in [0.25, 0.3) is 0 Å². The quantitative estimate of drug-likeness (QED) is 0.263. The zero-order valence-corrected chi connectivity index (χ0v) is 45.1. The fraction of sp³-hybridized carbons (Fsp3) is 1.00. The number of fused-ring (bicyclic) bond motifs is 9. The molecule has 0 radical (unpaired) electrons. The van der Waals surface area contributed by atoms with Gasteiger partial charge in [0.05, 0.1) is 13.2 Å². The Labute approximate surface area is 417 Å². The van der Waals surface area contributed by atoms with Crippen LogP contribution in [0.25, 0.3) is 0 Å². The van der Waals surface area contributed by atoms with Crippen LogP contribution in [-0.4, -0.2) is 32.1 Å². The van der Waals surface area contributed by atoms with E-state index in [1.165, 1.54) is 156 Å². The van der Waals surface area contributed by atoms with Crippen LogP contribution in [0.1, 0.15) is 290 Å². The molecule has 3 nitrogen and oxygen atoms in total. The first-order valence-electron chi connectivity index (χ1n) is 31.8. The molecule has 14 bridgehead atoms. The zero-order chi connectivity index (χ0) is 45.9. The molecule has 1 N–H and O–H groups in total. The van der Waals surface area contributed by atoms with Gasteiger partial charge in [-0.2, -0.15) is 0 Å². The lowest BCUT2D eigenvalue weighted by Crippen LogP contribution is -2.38. The first kappa shape index (κ1) is 53.2. The number of ether oxygens (including phenoxy) is 2. The molecule has 2 saturated heterocycles. The second-order valence-electron chi connectivity index (χ2n) is 27.6. The smallest absolute Gasteiger partial charge is 0.162 e. The van der Waals surface area contributed by atoms with Crippen molar-refractivity contribution in [1.29, 1.82) is 0 Å². The van der Waals surface area contributed by atoms with E-state index >= 15 is 0 Å². The Kier molecular flexibility index (Phi) is 23.0. The fourth-order valence-electron chi connectivity index (χ4n) is 15.7. The van der Waals surface area contributed by atoms with Crippen LogP contribution in [0.5, 0.6) is 0 Å². The number of rotatable bonds is 0. The Morgan fingerprint density at radius 1 is 0.239 bits per heavy atom. The minimum Gasteiger partial charge on any atom is -0.348 e. The van der Waals surface area contributed by atoms with Gasteiger partial charge in [-0.25, -0.2) is 0 Å². The van der Waals surface area contributed by atoms with Gasteiger partial charge in [0.15, 0.2) is 5.79 Å². The zero-order valence-electron chi connectivity index (χ0n) is 45.1. The minimum atomic E-state index is -0.306. The maximum atomic E-state index is 5.12. The molecule has 0 aromatic carbocycles. The highest BCUT2D eigenvalue weighted by molar-refractivity contribution is 4.94. The van der Waals surface area contributed by atoms with Gasteiger partial charge in [-0.1, -0.05) is 193 Å². The van der Waals surface area contributed by atoms with E-state index in [4.69, 9.17) is 9.47 Å². The molecule has 3 heteroatoms. The lowest BCUT2D eigenvalue weighted by atomic mass is 9.56. The molecule has 21 saturated carbocycles. The Bertz CT molecular complexity index is 1060. The van der Waals surface area contributed by atoms with Crippen molar-refractivity contribution in [3.05, 3.63) is 0 Å². The van der Waals surface area contributed by atoms with E-state index in [1.54, 1.807) is 193 Å². The number of hydrogen-bond donors (Lipinski definition) is 1. The van der Waals surface area contributed by atoms with Crippen molar-refractivity contribution in [1.82, 2.24) is 5.32 Å². The molecule has 0 unspecified atom stereocenters. The van der Waals surface area contributed by atoms with E-state index in [9.17, 15) is 0 Å². The summed E-state index contributed by atoms with van der Waals surface area (Å²) in [4.78, 5) is 0. The van der Waals surface area contributed by atoms with Crippen LogP contribution in [-0.2, 0) is 9.47 Å². The molecule has 21 aliphatic carbocycles. The van der Waals surface area contributed by atoms with Crippen molar-refractivity contribution in [3.63, 3.8) is 0 Å². The molecule has 0 aromatic rings. The molecule has 23 aliphatic rings. The average Bonchev–Trinajstić information content (AvgIpc) is 3.94. The second kappa shape index (κ2) is 28.9. The van der Waals surface area contributed by atoms with Gasteiger partial charge in [0.1, 0.15) is 0 Å². The van der Waals surface area contributed by atoms with Crippen LogP contribution in [0.3, 0.4) is 0 Å². The molecular weight excluding hydrogens is 815 g/mol. The minimum absolute atomic E-state index is 0.306. The molecule has 0 aromatic heterocycles. The summed E-state index contributed by atoms with van der Waals surface area (Å²) < 4.78 is 10.2. The van der Waals surface area contributed by atoms with Crippen LogP contribution in [0.15, 0.2) is 0 Å². The highest BCUT2D eigenvalue weighted by atomic mass is 16.7. The van der Waals surface area contributed by atoms with E-state index in [-0.39, 0.29) is 5.79 Å². The first-order chi connectivity index (χ1) is 32.9. The van der Waals surface area contributed by atoms with Gasteiger partial charge in [-0.15, -0.1) is 0 Å². The normalized spacial score (nSPS) is 42.0. The number of nitrogens with one attached hydrogen (secondary N) is 1. The molecule has 0 amide bonds. The summed E-state index contributed by atoms with van der Waals surface area (Å²) >= 11 is 0. The van der Waals surface area contributed by atoms with E-state index in [0.717, 1.165) is 36.9 Å². The highest BCUT2D eigenvalue weighted by Crippen LogP contribution is 2.54. The molecule has 23 fully saturated rings. The molecule has 2 aliphatic heterocycles. The van der Waals surface area contributed by atoms with Crippen molar-refractivity contribution in [2.45, 2.75) is 296 Å². The van der Waals surface area contributed by atoms with E-state index in [2.05, 4.69) is 5.32 Å². The van der Waals surface area contributed by atoms with Crippen LogP contribution in [0.2, 0.25) is 0 Å². The van der Waals surface area contributed by atoms with Gasteiger partial charge in [-0.3, -0.25) is 0 Å². The monoisotopic (exact) mass is 930 g/mol. The third kappa shape index (κ3) is 20.0. The molecule has 2 heterocycles. The van der Waals surface area contributed by atoms with Gasteiger partial charge >= 0.3 is 0 Å². The van der Waals surface area contributed by atoms with Crippen molar-refractivity contribution in [3.8, 4) is 0 Å². The molecule has 67 heavy (non-hydrogen) atoms. The Morgan fingerprint density at radius 2 is 0.403 bits per heavy atom. The van der Waals surface area contributed by atoms with E-state index in [0.29, 0.717) is 0 Å². The average molecular weight is 931 g/mol. The SMILES string of the molecule is C1C2CC1C2.C1C2CC3CC1CC(C2)C3.C1CC1.C1CC2CC1C2.C1CC2CCC1C2.C1CC2CCC1CC2.C1CC2CCC1CC2.C1CCC1.C1CCCC1.C1CNC1.CC1(C)OCCO1. The van der Waals surface area contributed by atoms with Crippen molar-refractivity contribution >= 4 is 0 Å². The first-order valence-corrected chi connectivity index (χ1v) is 31.8. The lowest BCUT2D eigenvalue weighted by Gasteiger charge is -2.49. The largest absolute Gasteiger partial charge is 0.348 e. The third-order valence-corrected chi connectivity index (χ3v) is 21.1. The molecule has 23 rings (SSSR count). The summed E-state index contributed by atoms with van der Waals surface area (Å²) in [6, 6.07) is 0. The maximum absolute atomic E-state index is 5.12. The predicted octanol–water partition coefficient (Wildman–Crippen LogP) is 18.9. The van der Waals surface area contributed by atoms with Gasteiger partial charge in [-0.05, 0) is 193 Å². The van der Waals surface area contributed by atoms with Crippen LogP contribution < -0.4 is 5.32 Å². The summed E-state index contributed by atoms with van der Waals surface area (Å²) in [6.45, 7) is 7.82. The third-order valence-electron chi connectivity index (χ3n) is 21.1. The summed E-state index contributed by atoms with van der Waals surface area (Å²) in [6.07, 6.45) is 66.6. The van der Waals surface area contributed by atoms with E-state index in [1.807, 2.05) is 13.8 Å². The maximum Gasteiger partial charge on any atom is 0.162 e. The molecule has 0 spiro atoms. The number of hydrogen-bond acceptors (Lipinski definition) is 3. The van der Waals surface area contributed by atoms with Crippen LogP contribution >= 0.6 is 0 Å². The van der Waals surface area contributed by atoms with E-state index < -0.39 is 0 Å². The van der Waals surface area contributed by atoms with Crippen molar-refractivity contribution < 1.29 is 9.47 Å². The summed E-state index contributed by atoms with van der Waals surface area (Å²) in [5.41, 5.74) is 0. The van der Waals surface area contributed by atoms with Crippen molar-refractivity contribution in [2.24, 2.45) is 82.9 Å². The Hall–Kier alpha value is -0.120. The van der Waals surface area contributed by atoms with Crippen LogP contribution in [0.4, 0.5) is 0 Å². The van der Waals surface area contributed by atoms with Gasteiger partial charge in [0.2, 0.25) is 0 Å². The summed E-state index contributed by atoms with van der Waals surface area (Å²) in [7, 11) is 0. The molecule has 388 valence electrons. The topological polar surface area (TPSA) is 30.5 Å². The van der Waals surface area contributed by atoms with Gasteiger partial charge < -0.3 is 14.8 Å². The van der Waals surface area contributed by atoms with Crippen LogP contribution in [0, 0.1) is 82.9 Å². The highest BCUT2D eigenvalue weighted by Gasteiger charge is 2.42.